The number of ether oxygens (including phenoxy) is 1. The van der Waals surface area contributed by atoms with E-state index in [1.54, 1.807) is 20.8 Å². The number of fused-ring (bicyclic) bond motifs is 1. The van der Waals surface area contributed by atoms with Crippen molar-refractivity contribution in [1.82, 2.24) is 14.5 Å². The molecule has 0 aliphatic heterocycles. The summed E-state index contributed by atoms with van der Waals surface area (Å²) in [6, 6.07) is 0. The van der Waals surface area contributed by atoms with Gasteiger partial charge in [0.1, 0.15) is 17.7 Å². The predicted octanol–water partition coefficient (Wildman–Crippen LogP) is 1.78. The third-order valence-electron chi connectivity index (χ3n) is 2.36. The zero-order valence-corrected chi connectivity index (χ0v) is 11.0. The van der Waals surface area contributed by atoms with Gasteiger partial charge in [0.15, 0.2) is 5.65 Å². The number of hydrogen-bond acceptors (Lipinski definition) is 5. The monoisotopic (exact) mass is 258 g/mol. The number of terminal acetylenes is 1. The molecule has 2 aromatic rings. The number of anilines is 1. The highest BCUT2D eigenvalue weighted by atomic mass is 16.6. The van der Waals surface area contributed by atoms with Crippen LogP contribution in [0.15, 0.2) is 12.5 Å². The van der Waals surface area contributed by atoms with Gasteiger partial charge in [0.2, 0.25) is 0 Å². The molecule has 0 saturated carbocycles. The molecule has 0 amide bonds. The molecule has 6 heteroatoms. The van der Waals surface area contributed by atoms with Gasteiger partial charge in [0.25, 0.3) is 0 Å². The van der Waals surface area contributed by atoms with Crippen molar-refractivity contribution in [2.24, 2.45) is 0 Å². The van der Waals surface area contributed by atoms with Crippen LogP contribution in [0.3, 0.4) is 0 Å². The van der Waals surface area contributed by atoms with Crippen LogP contribution in [0, 0.1) is 12.3 Å². The van der Waals surface area contributed by atoms with Gasteiger partial charge in [-0.1, -0.05) is 5.92 Å². The van der Waals surface area contributed by atoms with Crippen molar-refractivity contribution in [3.63, 3.8) is 0 Å². The van der Waals surface area contributed by atoms with Gasteiger partial charge >= 0.3 is 6.09 Å². The molecule has 6 nitrogen and oxygen atoms in total. The lowest BCUT2D eigenvalue weighted by molar-refractivity contribution is 0.0543. The molecule has 2 heterocycles. The average molecular weight is 258 g/mol. The lowest BCUT2D eigenvalue weighted by Crippen LogP contribution is -2.26. The molecule has 0 spiro atoms. The van der Waals surface area contributed by atoms with Crippen LogP contribution < -0.4 is 5.73 Å². The number of carbonyl (C=O) groups is 1. The van der Waals surface area contributed by atoms with Gasteiger partial charge in [0.05, 0.1) is 10.9 Å². The highest BCUT2D eigenvalue weighted by Gasteiger charge is 2.22. The molecule has 0 aromatic carbocycles. The second-order valence-electron chi connectivity index (χ2n) is 4.99. The first kappa shape index (κ1) is 12.9. The second kappa shape index (κ2) is 4.28. The van der Waals surface area contributed by atoms with Crippen molar-refractivity contribution in [1.29, 1.82) is 0 Å². The van der Waals surface area contributed by atoms with Gasteiger partial charge in [-0.05, 0) is 20.8 Å². The largest absolute Gasteiger partial charge is 0.443 e. The quantitative estimate of drug-likeness (QED) is 0.728. The second-order valence-corrected chi connectivity index (χ2v) is 4.99. The van der Waals surface area contributed by atoms with E-state index in [1.165, 1.54) is 17.1 Å². The van der Waals surface area contributed by atoms with Gasteiger partial charge < -0.3 is 10.5 Å². The van der Waals surface area contributed by atoms with E-state index < -0.39 is 11.7 Å². The third kappa shape index (κ3) is 2.36. The van der Waals surface area contributed by atoms with Gasteiger partial charge in [-0.25, -0.2) is 19.3 Å². The van der Waals surface area contributed by atoms with E-state index in [1.807, 2.05) is 0 Å². The molecule has 2 N–H and O–H groups in total. The fourth-order valence-electron chi connectivity index (χ4n) is 1.64. The lowest BCUT2D eigenvalue weighted by atomic mass is 10.2. The van der Waals surface area contributed by atoms with E-state index >= 15 is 0 Å². The fraction of sp³-hybridized carbons (Fsp3) is 0.308. The minimum absolute atomic E-state index is 0.236. The Morgan fingerprint density at radius 2 is 2.16 bits per heavy atom. The van der Waals surface area contributed by atoms with Crippen LogP contribution in [-0.2, 0) is 4.74 Å². The molecule has 0 unspecified atom stereocenters. The fourth-order valence-corrected chi connectivity index (χ4v) is 1.64. The van der Waals surface area contributed by atoms with E-state index in [0.29, 0.717) is 16.6 Å². The zero-order chi connectivity index (χ0) is 14.2. The van der Waals surface area contributed by atoms with E-state index in [4.69, 9.17) is 16.9 Å². The first-order chi connectivity index (χ1) is 8.83. The SMILES string of the molecule is C#Cc1cn(C(=O)OC(C)(C)C)c2ncnc(N)c12. The Morgan fingerprint density at radius 3 is 2.74 bits per heavy atom. The zero-order valence-electron chi connectivity index (χ0n) is 11.0. The highest BCUT2D eigenvalue weighted by molar-refractivity contribution is 5.97. The Hall–Kier alpha value is -2.55. The number of nitrogens with two attached hydrogens (primary N) is 1. The summed E-state index contributed by atoms with van der Waals surface area (Å²) in [4.78, 5) is 20.0. The van der Waals surface area contributed by atoms with Gasteiger partial charge in [-0.15, -0.1) is 6.42 Å². The molecule has 0 aliphatic rings. The number of rotatable bonds is 0. The number of aromatic nitrogens is 3. The molecule has 0 fully saturated rings. The van der Waals surface area contributed by atoms with Crippen molar-refractivity contribution in [3.05, 3.63) is 18.1 Å². The third-order valence-corrected chi connectivity index (χ3v) is 2.36. The topological polar surface area (TPSA) is 83.0 Å². The van der Waals surface area contributed by atoms with Crippen LogP contribution in [0.4, 0.5) is 10.6 Å². The number of hydrogen-bond donors (Lipinski definition) is 1. The van der Waals surface area contributed by atoms with Gasteiger partial charge in [-0.3, -0.25) is 0 Å². The Morgan fingerprint density at radius 1 is 1.47 bits per heavy atom. The molecular formula is C13H14N4O2. The minimum atomic E-state index is -0.609. The maximum absolute atomic E-state index is 12.1. The highest BCUT2D eigenvalue weighted by Crippen LogP contribution is 2.23. The summed E-state index contributed by atoms with van der Waals surface area (Å²) < 4.78 is 6.53. The molecule has 2 rings (SSSR count). The van der Waals surface area contributed by atoms with Crippen molar-refractivity contribution >= 4 is 22.9 Å². The molecular weight excluding hydrogens is 244 g/mol. The summed E-state index contributed by atoms with van der Waals surface area (Å²) in [5.74, 6) is 2.70. The maximum Gasteiger partial charge on any atom is 0.420 e. The van der Waals surface area contributed by atoms with Crippen molar-refractivity contribution in [2.75, 3.05) is 5.73 Å². The molecule has 0 radical (unpaired) electrons. The van der Waals surface area contributed by atoms with Crippen molar-refractivity contribution < 1.29 is 9.53 Å². The normalized spacial score (nSPS) is 11.3. The summed E-state index contributed by atoms with van der Waals surface area (Å²) in [6.45, 7) is 5.34. The van der Waals surface area contributed by atoms with Crippen LogP contribution >= 0.6 is 0 Å². The molecule has 2 aromatic heterocycles. The van der Waals surface area contributed by atoms with Crippen LogP contribution in [0.1, 0.15) is 26.3 Å². The minimum Gasteiger partial charge on any atom is -0.443 e. The first-order valence-corrected chi connectivity index (χ1v) is 5.65. The molecule has 19 heavy (non-hydrogen) atoms. The Labute approximate surface area is 110 Å². The van der Waals surface area contributed by atoms with Crippen LogP contribution in [-0.4, -0.2) is 26.2 Å². The van der Waals surface area contributed by atoms with Gasteiger partial charge in [0, 0.05) is 6.20 Å². The molecule has 0 atom stereocenters. The number of nitrogen functional groups attached to an aromatic ring is 1. The van der Waals surface area contributed by atoms with Crippen LogP contribution in [0.2, 0.25) is 0 Å². The van der Waals surface area contributed by atoms with Crippen molar-refractivity contribution in [2.45, 2.75) is 26.4 Å². The van der Waals surface area contributed by atoms with E-state index in [-0.39, 0.29) is 5.82 Å². The summed E-state index contributed by atoms with van der Waals surface area (Å²) in [5.41, 5.74) is 5.95. The van der Waals surface area contributed by atoms with E-state index in [2.05, 4.69) is 15.9 Å². The summed E-state index contributed by atoms with van der Waals surface area (Å²) >= 11 is 0. The average Bonchev–Trinajstić information content (AvgIpc) is 2.67. The van der Waals surface area contributed by atoms with Crippen molar-refractivity contribution in [3.8, 4) is 12.3 Å². The first-order valence-electron chi connectivity index (χ1n) is 5.65. The molecule has 98 valence electrons. The maximum atomic E-state index is 12.1. The van der Waals surface area contributed by atoms with E-state index in [0.717, 1.165) is 0 Å². The smallest absolute Gasteiger partial charge is 0.420 e. The standard InChI is InChI=1S/C13H14N4O2/c1-5-8-6-17(12(18)19-13(2,3)4)11-9(8)10(14)15-7-16-11/h1,6-7H,2-4H3,(H2,14,15,16). The van der Waals surface area contributed by atoms with Crippen LogP contribution in [0.5, 0.6) is 0 Å². The molecule has 0 aliphatic carbocycles. The molecule has 0 bridgehead atoms. The number of carbonyl (C=O) groups excluding carboxylic acids is 1. The predicted molar refractivity (Wildman–Crippen MR) is 71.5 cm³/mol. The van der Waals surface area contributed by atoms with E-state index in [9.17, 15) is 4.79 Å². The summed E-state index contributed by atoms with van der Waals surface area (Å²) in [6.07, 6.45) is 7.59. The Balaban J connectivity index is 2.60. The Bertz CT molecular complexity index is 689. The van der Waals surface area contributed by atoms with Crippen LogP contribution in [0.25, 0.3) is 11.0 Å². The summed E-state index contributed by atoms with van der Waals surface area (Å²) in [5, 5.41) is 0.482. The Kier molecular flexibility index (Phi) is 2.91. The van der Waals surface area contributed by atoms with Gasteiger partial charge in [-0.2, -0.15) is 0 Å². The molecule has 0 saturated heterocycles. The number of nitrogens with zero attached hydrogens (tertiary/aromatic N) is 3. The summed E-state index contributed by atoms with van der Waals surface area (Å²) in [7, 11) is 0. The lowest BCUT2D eigenvalue weighted by Gasteiger charge is -2.19.